The van der Waals surface area contributed by atoms with Gasteiger partial charge in [-0.25, -0.2) is 4.79 Å². The quantitative estimate of drug-likeness (QED) is 0.466. The second kappa shape index (κ2) is 8.75. The fourth-order valence-corrected chi connectivity index (χ4v) is 1.30. The highest BCUT2D eigenvalue weighted by molar-refractivity contribution is 5.86. The Hall–Kier alpha value is -0.830. The van der Waals surface area contributed by atoms with Crippen LogP contribution in [-0.4, -0.2) is 17.6 Å². The molecule has 0 bridgehead atoms. The van der Waals surface area contributed by atoms with Crippen molar-refractivity contribution in [1.82, 2.24) is 0 Å². The van der Waals surface area contributed by atoms with Crippen LogP contribution in [0.4, 0.5) is 0 Å². The van der Waals surface area contributed by atoms with Gasteiger partial charge < -0.3 is 10.8 Å². The fourth-order valence-electron chi connectivity index (χ4n) is 1.30. The third-order valence-corrected chi connectivity index (χ3v) is 2.13. The summed E-state index contributed by atoms with van der Waals surface area (Å²) >= 11 is 0. The number of nitrogens with two attached hydrogens (primary N) is 1. The Labute approximate surface area is 86.0 Å². The number of carbonyl (C=O) groups is 1. The van der Waals surface area contributed by atoms with Crippen molar-refractivity contribution >= 4 is 5.97 Å². The van der Waals surface area contributed by atoms with Crippen LogP contribution in [0.1, 0.15) is 45.4 Å². The molecule has 3 heteroatoms. The molecule has 0 amide bonds. The molecular formula is C11H21NO2. The Kier molecular flexibility index (Phi) is 8.24. The first-order valence-corrected chi connectivity index (χ1v) is 5.34. The van der Waals surface area contributed by atoms with Crippen molar-refractivity contribution in [2.75, 3.05) is 6.54 Å². The van der Waals surface area contributed by atoms with Gasteiger partial charge in [0.1, 0.15) is 0 Å². The van der Waals surface area contributed by atoms with Crippen LogP contribution in [0.5, 0.6) is 0 Å². The van der Waals surface area contributed by atoms with Crippen LogP contribution in [0.3, 0.4) is 0 Å². The van der Waals surface area contributed by atoms with Crippen molar-refractivity contribution in [2.24, 2.45) is 5.73 Å². The Morgan fingerprint density at radius 2 is 2.07 bits per heavy atom. The molecule has 0 radical (unpaired) electrons. The SMILES string of the molecule is CCCCCCC(=CCCN)C(=O)O. The smallest absolute Gasteiger partial charge is 0.331 e. The summed E-state index contributed by atoms with van der Waals surface area (Å²) in [5.41, 5.74) is 5.84. The van der Waals surface area contributed by atoms with Crippen LogP contribution in [0.25, 0.3) is 0 Å². The maximum atomic E-state index is 10.8. The first-order chi connectivity index (χ1) is 6.72. The van der Waals surface area contributed by atoms with Crippen molar-refractivity contribution in [3.8, 4) is 0 Å². The summed E-state index contributed by atoms with van der Waals surface area (Å²) in [6, 6.07) is 0. The lowest BCUT2D eigenvalue weighted by Gasteiger charge is -2.01. The lowest BCUT2D eigenvalue weighted by molar-refractivity contribution is -0.132. The largest absolute Gasteiger partial charge is 0.478 e. The molecule has 82 valence electrons. The van der Waals surface area contributed by atoms with E-state index in [1.165, 1.54) is 12.8 Å². The predicted octanol–water partition coefficient (Wildman–Crippen LogP) is 2.32. The molecule has 14 heavy (non-hydrogen) atoms. The van der Waals surface area contributed by atoms with Gasteiger partial charge in [0.25, 0.3) is 0 Å². The molecule has 0 aromatic heterocycles. The molecule has 0 unspecified atom stereocenters. The third kappa shape index (κ3) is 6.66. The lowest BCUT2D eigenvalue weighted by atomic mass is 10.1. The minimum atomic E-state index is -0.796. The summed E-state index contributed by atoms with van der Waals surface area (Å²) < 4.78 is 0. The predicted molar refractivity (Wildman–Crippen MR) is 58.1 cm³/mol. The van der Waals surface area contributed by atoms with Gasteiger partial charge in [-0.3, -0.25) is 0 Å². The second-order valence-corrected chi connectivity index (χ2v) is 3.42. The van der Waals surface area contributed by atoms with Crippen molar-refractivity contribution < 1.29 is 9.90 Å². The Bertz CT molecular complexity index is 188. The highest BCUT2D eigenvalue weighted by Crippen LogP contribution is 2.10. The molecular weight excluding hydrogens is 178 g/mol. The second-order valence-electron chi connectivity index (χ2n) is 3.42. The van der Waals surface area contributed by atoms with Crippen LogP contribution in [-0.2, 0) is 4.79 Å². The Morgan fingerprint density at radius 1 is 1.36 bits per heavy atom. The summed E-state index contributed by atoms with van der Waals surface area (Å²) in [5, 5.41) is 8.85. The van der Waals surface area contributed by atoms with Crippen molar-refractivity contribution in [3.63, 3.8) is 0 Å². The van der Waals surface area contributed by atoms with Gasteiger partial charge in [0, 0.05) is 5.57 Å². The van der Waals surface area contributed by atoms with E-state index in [4.69, 9.17) is 10.8 Å². The summed E-state index contributed by atoms with van der Waals surface area (Å²) in [5.74, 6) is -0.796. The molecule has 0 saturated heterocycles. The molecule has 0 spiro atoms. The summed E-state index contributed by atoms with van der Waals surface area (Å²) in [6.45, 7) is 2.66. The molecule has 0 rings (SSSR count). The molecule has 0 aromatic carbocycles. The van der Waals surface area contributed by atoms with Crippen LogP contribution >= 0.6 is 0 Å². The maximum absolute atomic E-state index is 10.8. The van der Waals surface area contributed by atoms with Gasteiger partial charge in [-0.2, -0.15) is 0 Å². The van der Waals surface area contributed by atoms with Gasteiger partial charge in [-0.15, -0.1) is 0 Å². The molecule has 0 aliphatic heterocycles. The topological polar surface area (TPSA) is 63.3 Å². The Morgan fingerprint density at radius 3 is 2.57 bits per heavy atom. The first-order valence-electron chi connectivity index (χ1n) is 5.34. The van der Waals surface area contributed by atoms with E-state index in [2.05, 4.69) is 6.92 Å². The average Bonchev–Trinajstić information content (AvgIpc) is 2.16. The van der Waals surface area contributed by atoms with Gasteiger partial charge in [0.15, 0.2) is 0 Å². The summed E-state index contributed by atoms with van der Waals surface area (Å²) in [7, 11) is 0. The molecule has 0 aliphatic rings. The molecule has 0 aromatic rings. The zero-order valence-electron chi connectivity index (χ0n) is 8.96. The summed E-state index contributed by atoms with van der Waals surface area (Å²) in [4.78, 5) is 10.8. The molecule has 0 fully saturated rings. The van der Waals surface area contributed by atoms with Crippen molar-refractivity contribution in [2.45, 2.75) is 45.4 Å². The number of unbranched alkanes of at least 4 members (excludes halogenated alkanes) is 3. The van der Waals surface area contributed by atoms with Crippen LogP contribution in [0, 0.1) is 0 Å². The van der Waals surface area contributed by atoms with Gasteiger partial charge in [-0.1, -0.05) is 32.3 Å². The van der Waals surface area contributed by atoms with Crippen molar-refractivity contribution in [1.29, 1.82) is 0 Å². The van der Waals surface area contributed by atoms with E-state index in [-0.39, 0.29) is 0 Å². The van der Waals surface area contributed by atoms with E-state index in [0.29, 0.717) is 25.0 Å². The van der Waals surface area contributed by atoms with Crippen LogP contribution in [0.2, 0.25) is 0 Å². The zero-order chi connectivity index (χ0) is 10.8. The number of rotatable bonds is 8. The average molecular weight is 199 g/mol. The molecule has 0 heterocycles. The monoisotopic (exact) mass is 199 g/mol. The van der Waals surface area contributed by atoms with E-state index in [1.54, 1.807) is 6.08 Å². The number of carboxylic acid groups (broad SMARTS) is 1. The molecule has 0 saturated carbocycles. The molecule has 3 N–H and O–H groups in total. The number of aliphatic carboxylic acids is 1. The van der Waals surface area contributed by atoms with E-state index >= 15 is 0 Å². The standard InChI is InChI=1S/C11H21NO2/c1-2-3-4-5-7-10(11(13)14)8-6-9-12/h8H,2-7,9,12H2,1H3,(H,13,14). The van der Waals surface area contributed by atoms with E-state index in [9.17, 15) is 4.79 Å². The minimum absolute atomic E-state index is 0.520. The molecule has 0 atom stereocenters. The number of hydrogen-bond acceptors (Lipinski definition) is 2. The van der Waals surface area contributed by atoms with Gasteiger partial charge >= 0.3 is 5.97 Å². The van der Waals surface area contributed by atoms with Crippen molar-refractivity contribution in [3.05, 3.63) is 11.6 Å². The minimum Gasteiger partial charge on any atom is -0.478 e. The highest BCUT2D eigenvalue weighted by atomic mass is 16.4. The molecule has 3 nitrogen and oxygen atoms in total. The molecule has 0 aliphatic carbocycles. The first kappa shape index (κ1) is 13.2. The third-order valence-electron chi connectivity index (χ3n) is 2.13. The van der Waals surface area contributed by atoms with Gasteiger partial charge in [0.05, 0.1) is 0 Å². The van der Waals surface area contributed by atoms with Gasteiger partial charge in [-0.05, 0) is 25.8 Å². The Balaban J connectivity index is 3.80. The van der Waals surface area contributed by atoms with Crippen LogP contribution < -0.4 is 5.73 Å². The van der Waals surface area contributed by atoms with E-state index in [1.807, 2.05) is 0 Å². The zero-order valence-corrected chi connectivity index (χ0v) is 8.96. The van der Waals surface area contributed by atoms with Gasteiger partial charge in [0.2, 0.25) is 0 Å². The number of carboxylic acids is 1. The fraction of sp³-hybridized carbons (Fsp3) is 0.727. The number of hydrogen-bond donors (Lipinski definition) is 2. The van der Waals surface area contributed by atoms with E-state index in [0.717, 1.165) is 12.8 Å². The normalized spacial score (nSPS) is 11.7. The highest BCUT2D eigenvalue weighted by Gasteiger charge is 2.05. The van der Waals surface area contributed by atoms with Crippen LogP contribution in [0.15, 0.2) is 11.6 Å². The summed E-state index contributed by atoms with van der Waals surface area (Å²) in [6.07, 6.45) is 7.53. The van der Waals surface area contributed by atoms with E-state index < -0.39 is 5.97 Å². The maximum Gasteiger partial charge on any atom is 0.331 e. The lowest BCUT2D eigenvalue weighted by Crippen LogP contribution is -2.03.